The van der Waals surface area contributed by atoms with Crippen LogP contribution in [0.25, 0.3) is 11.0 Å². The molecule has 3 aliphatic rings. The molecule has 6 atom stereocenters. The number of nitrogens with zero attached hydrogens (tertiary/aromatic N) is 3. The van der Waals surface area contributed by atoms with Gasteiger partial charge in [0.05, 0.1) is 5.52 Å². The van der Waals surface area contributed by atoms with Crippen LogP contribution in [0.3, 0.4) is 0 Å². The van der Waals surface area contributed by atoms with Gasteiger partial charge in [-0.25, -0.2) is 4.98 Å². The molecule has 34 heavy (non-hydrogen) atoms. The SMILES string of the molecule is O=P(O)(O)CP(=O)(O)OC1C2OC(c3cnc4c(NC5CCCC5)nc(Cl)nc4c3)C(O)C21O. The highest BCUT2D eigenvalue weighted by molar-refractivity contribution is 7.70. The Labute approximate surface area is 198 Å². The second-order valence-corrected chi connectivity index (χ2v) is 13.2. The van der Waals surface area contributed by atoms with Crippen LogP contribution in [-0.4, -0.2) is 75.7 Å². The smallest absolute Gasteiger partial charge is 0.340 e. The topological polar surface area (TPSA) is 204 Å². The van der Waals surface area contributed by atoms with Gasteiger partial charge in [0, 0.05) is 17.8 Å². The van der Waals surface area contributed by atoms with Crippen LogP contribution in [0.2, 0.25) is 5.28 Å². The molecule has 0 spiro atoms. The number of ether oxygens (including phenoxy) is 1. The highest BCUT2D eigenvalue weighted by Crippen LogP contribution is 2.64. The molecule has 0 bridgehead atoms. The van der Waals surface area contributed by atoms with E-state index in [1.807, 2.05) is 0 Å². The number of hydrogen-bond acceptors (Lipinski definition) is 10. The number of rotatable bonds is 7. The van der Waals surface area contributed by atoms with Gasteiger partial charge in [0.15, 0.2) is 17.3 Å². The molecule has 1 aliphatic heterocycles. The number of halogens is 1. The zero-order chi connectivity index (χ0) is 24.5. The second kappa shape index (κ2) is 8.41. The number of fused-ring (bicyclic) bond motifs is 2. The fourth-order valence-electron chi connectivity index (χ4n) is 4.69. The molecule has 1 saturated heterocycles. The van der Waals surface area contributed by atoms with E-state index in [0.717, 1.165) is 25.7 Å². The predicted molar refractivity (Wildman–Crippen MR) is 118 cm³/mol. The zero-order valence-corrected chi connectivity index (χ0v) is 20.1. The number of aliphatic hydroxyl groups excluding tert-OH is 1. The Hall–Kier alpha value is -1.24. The van der Waals surface area contributed by atoms with E-state index >= 15 is 0 Å². The number of anilines is 1. The Balaban J connectivity index is 1.34. The van der Waals surface area contributed by atoms with Gasteiger partial charge in [0.25, 0.3) is 0 Å². The van der Waals surface area contributed by atoms with Gasteiger partial charge in [0.1, 0.15) is 29.9 Å². The van der Waals surface area contributed by atoms with Gasteiger partial charge in [-0.05, 0) is 30.5 Å². The van der Waals surface area contributed by atoms with Crippen LogP contribution < -0.4 is 5.32 Å². The van der Waals surface area contributed by atoms with Crippen molar-refractivity contribution in [2.45, 2.75) is 61.7 Å². The predicted octanol–water partition coefficient (Wildman–Crippen LogP) is 1.28. The first kappa shape index (κ1) is 24.5. The van der Waals surface area contributed by atoms with Crippen molar-refractivity contribution in [3.05, 3.63) is 23.1 Å². The van der Waals surface area contributed by atoms with Gasteiger partial charge in [0.2, 0.25) is 5.28 Å². The van der Waals surface area contributed by atoms with Crippen molar-refractivity contribution in [2.75, 3.05) is 11.2 Å². The second-order valence-electron chi connectivity index (χ2n) is 8.88. The van der Waals surface area contributed by atoms with E-state index in [0.29, 0.717) is 22.4 Å². The van der Waals surface area contributed by atoms with Crippen LogP contribution in [0.1, 0.15) is 37.4 Å². The third kappa shape index (κ3) is 4.51. The third-order valence-corrected chi connectivity index (χ3v) is 9.96. The minimum absolute atomic E-state index is 0.0125. The van der Waals surface area contributed by atoms with Crippen LogP contribution in [0.15, 0.2) is 12.3 Å². The highest BCUT2D eigenvalue weighted by atomic mass is 35.5. The highest BCUT2D eigenvalue weighted by Gasteiger charge is 2.78. The zero-order valence-electron chi connectivity index (χ0n) is 17.6. The largest absolute Gasteiger partial charge is 0.387 e. The maximum absolute atomic E-state index is 12.0. The van der Waals surface area contributed by atoms with E-state index < -0.39 is 51.1 Å². The first-order valence-electron chi connectivity index (χ1n) is 10.6. The van der Waals surface area contributed by atoms with Crippen molar-refractivity contribution in [3.8, 4) is 0 Å². The summed E-state index contributed by atoms with van der Waals surface area (Å²) in [6.45, 7) is 0. The van der Waals surface area contributed by atoms with Gasteiger partial charge < -0.3 is 34.9 Å². The number of aromatic nitrogens is 3. The molecule has 3 fully saturated rings. The lowest BCUT2D eigenvalue weighted by Gasteiger charge is -2.24. The molecular weight excluding hydrogens is 514 g/mol. The molecule has 13 nitrogen and oxygen atoms in total. The Morgan fingerprint density at radius 2 is 1.94 bits per heavy atom. The molecule has 6 unspecified atom stereocenters. The molecule has 5 rings (SSSR count). The maximum atomic E-state index is 12.0. The van der Waals surface area contributed by atoms with E-state index in [1.165, 1.54) is 6.20 Å². The van der Waals surface area contributed by atoms with Gasteiger partial charge >= 0.3 is 15.2 Å². The number of pyridine rings is 1. The van der Waals surface area contributed by atoms with Crippen molar-refractivity contribution >= 4 is 43.6 Å². The quantitative estimate of drug-likeness (QED) is 0.218. The van der Waals surface area contributed by atoms with Crippen LogP contribution in [0.4, 0.5) is 5.82 Å². The summed E-state index contributed by atoms with van der Waals surface area (Å²) < 4.78 is 33.5. The van der Waals surface area contributed by atoms with E-state index in [4.69, 9.17) is 30.6 Å². The summed E-state index contributed by atoms with van der Waals surface area (Å²) in [6, 6.07) is 1.86. The minimum Gasteiger partial charge on any atom is -0.387 e. The number of aliphatic hydroxyl groups is 2. The molecule has 186 valence electrons. The van der Waals surface area contributed by atoms with Crippen molar-refractivity contribution in [1.82, 2.24) is 15.0 Å². The van der Waals surface area contributed by atoms with Gasteiger partial charge in [-0.15, -0.1) is 0 Å². The average molecular weight is 537 g/mol. The van der Waals surface area contributed by atoms with Crippen molar-refractivity contribution in [1.29, 1.82) is 0 Å². The Morgan fingerprint density at radius 3 is 2.56 bits per heavy atom. The van der Waals surface area contributed by atoms with E-state index in [-0.39, 0.29) is 11.3 Å². The molecular formula is C18H23ClN4O9P2. The first-order chi connectivity index (χ1) is 15.9. The molecule has 2 aliphatic carbocycles. The molecule has 0 radical (unpaired) electrons. The fraction of sp³-hybridized carbons (Fsp3) is 0.611. The molecule has 16 heteroatoms. The van der Waals surface area contributed by atoms with Crippen LogP contribution in [0, 0.1) is 0 Å². The number of nitrogens with one attached hydrogen (secondary N) is 1. The number of hydrogen-bond donors (Lipinski definition) is 6. The molecule has 0 amide bonds. The first-order valence-corrected chi connectivity index (χ1v) is 14.5. The van der Waals surface area contributed by atoms with Crippen LogP contribution in [-0.2, 0) is 18.4 Å². The normalized spacial score (nSPS) is 33.1. The summed E-state index contributed by atoms with van der Waals surface area (Å²) >= 11 is 6.10. The Kier molecular flexibility index (Phi) is 6.05. The Bertz CT molecular complexity index is 1230. The van der Waals surface area contributed by atoms with Gasteiger partial charge in [-0.2, -0.15) is 4.98 Å². The molecule has 3 heterocycles. The van der Waals surface area contributed by atoms with E-state index in [9.17, 15) is 24.2 Å². The minimum atomic E-state index is -4.84. The lowest BCUT2D eigenvalue weighted by Crippen LogP contribution is -2.35. The lowest BCUT2D eigenvalue weighted by molar-refractivity contribution is -0.0631. The molecule has 2 aromatic heterocycles. The van der Waals surface area contributed by atoms with Gasteiger partial charge in [-0.3, -0.25) is 18.6 Å². The molecule has 2 saturated carbocycles. The van der Waals surface area contributed by atoms with E-state index in [2.05, 4.69) is 20.3 Å². The fourth-order valence-corrected chi connectivity index (χ4v) is 7.63. The average Bonchev–Trinajstić information content (AvgIpc) is 3.05. The monoisotopic (exact) mass is 536 g/mol. The van der Waals surface area contributed by atoms with Crippen LogP contribution >= 0.6 is 26.8 Å². The van der Waals surface area contributed by atoms with Crippen molar-refractivity contribution < 1.29 is 43.3 Å². The Morgan fingerprint density at radius 1 is 1.24 bits per heavy atom. The summed E-state index contributed by atoms with van der Waals surface area (Å²) in [7, 11) is -9.59. The molecule has 6 N–H and O–H groups in total. The summed E-state index contributed by atoms with van der Waals surface area (Å²) in [6.07, 6.45) is 0.524. The third-order valence-electron chi connectivity index (χ3n) is 6.33. The summed E-state index contributed by atoms with van der Waals surface area (Å²) in [5, 5.41) is 24.8. The molecule has 0 aromatic carbocycles. The van der Waals surface area contributed by atoms with Gasteiger partial charge in [-0.1, -0.05) is 12.8 Å². The van der Waals surface area contributed by atoms with Crippen LogP contribution in [0.5, 0.6) is 0 Å². The van der Waals surface area contributed by atoms with Crippen molar-refractivity contribution in [2.24, 2.45) is 0 Å². The molecule has 2 aromatic rings. The lowest BCUT2D eigenvalue weighted by atomic mass is 10.0. The summed E-state index contributed by atoms with van der Waals surface area (Å²) in [5.74, 6) is -0.912. The standard InChI is InChI=1S/C18H23ClN4O9P2/c19-17-22-10-5-8(6-20-11(10)16(23-17)21-9-3-1-2-4-9)12-13(24)18(25)14(31-12)15(18)32-34(29,30)7-33(26,27)28/h5-6,9,12-15,24-25H,1-4,7H2,(H,29,30)(H,21,22,23)(H2,26,27,28). The summed E-state index contributed by atoms with van der Waals surface area (Å²) in [4.78, 5) is 40.4. The van der Waals surface area contributed by atoms with Crippen molar-refractivity contribution in [3.63, 3.8) is 0 Å². The summed E-state index contributed by atoms with van der Waals surface area (Å²) in [5.41, 5.74) is -0.763. The van der Waals surface area contributed by atoms with E-state index in [1.54, 1.807) is 6.07 Å². The maximum Gasteiger partial charge on any atom is 0.340 e.